The van der Waals surface area contributed by atoms with Gasteiger partial charge in [-0.1, -0.05) is 63.1 Å². The van der Waals surface area contributed by atoms with Crippen LogP contribution in [0.3, 0.4) is 0 Å². The van der Waals surface area contributed by atoms with Gasteiger partial charge in [-0.25, -0.2) is 0 Å². The van der Waals surface area contributed by atoms with Crippen LogP contribution in [0.4, 0.5) is 5.69 Å². The van der Waals surface area contributed by atoms with E-state index in [1.165, 1.54) is 62.5 Å². The van der Waals surface area contributed by atoms with Crippen molar-refractivity contribution in [1.82, 2.24) is 0 Å². The van der Waals surface area contributed by atoms with E-state index >= 15 is 0 Å². The van der Waals surface area contributed by atoms with Gasteiger partial charge in [-0.2, -0.15) is 4.99 Å². The van der Waals surface area contributed by atoms with Crippen molar-refractivity contribution < 1.29 is 0 Å². The van der Waals surface area contributed by atoms with E-state index < -0.39 is 0 Å². The van der Waals surface area contributed by atoms with E-state index in [2.05, 4.69) is 72.5 Å². The standard InChI is InChI=1S/C28H35NS/c1-20-3-5-24(6-4-20)25-11-7-22(8-12-25)21(2)23-9-13-26(14-10-23)27-15-17-28(18-16-27)29-19-30/h7-8,11-12,15-18,20-21,23-24,26H,3-6,9-10,13-14H2,1-2H3. The molecule has 0 aromatic heterocycles. The maximum Gasteiger partial charge on any atom is 0.0739 e. The number of aliphatic imine (C=N–C) groups is 1. The fourth-order valence-corrected chi connectivity index (χ4v) is 5.87. The Morgan fingerprint density at radius 2 is 1.27 bits per heavy atom. The van der Waals surface area contributed by atoms with E-state index in [1.807, 2.05) is 0 Å². The van der Waals surface area contributed by atoms with Crippen molar-refractivity contribution in [2.45, 2.75) is 83.0 Å². The number of nitrogens with zero attached hydrogens (tertiary/aromatic N) is 1. The Labute approximate surface area is 188 Å². The molecule has 2 aliphatic carbocycles. The zero-order valence-corrected chi connectivity index (χ0v) is 19.3. The Morgan fingerprint density at radius 1 is 0.767 bits per heavy atom. The molecule has 2 heteroatoms. The van der Waals surface area contributed by atoms with Crippen LogP contribution in [0.25, 0.3) is 0 Å². The molecule has 0 heterocycles. The van der Waals surface area contributed by atoms with Crippen molar-refractivity contribution in [2.24, 2.45) is 16.8 Å². The summed E-state index contributed by atoms with van der Waals surface area (Å²) in [4.78, 5) is 4.07. The molecule has 2 aromatic rings. The first-order chi connectivity index (χ1) is 14.6. The lowest BCUT2D eigenvalue weighted by Gasteiger charge is -2.33. The van der Waals surface area contributed by atoms with Crippen LogP contribution in [0.5, 0.6) is 0 Å². The Hall–Kier alpha value is -1.76. The molecule has 2 fully saturated rings. The first kappa shape index (κ1) is 21.5. The Bertz CT molecular complexity index is 847. The zero-order chi connectivity index (χ0) is 20.9. The predicted octanol–water partition coefficient (Wildman–Crippen LogP) is 8.79. The molecule has 1 unspecified atom stereocenters. The number of thiocarbonyl (C=S) groups is 1. The number of rotatable bonds is 5. The van der Waals surface area contributed by atoms with Gasteiger partial charge < -0.3 is 0 Å². The Balaban J connectivity index is 1.32. The average Bonchev–Trinajstić information content (AvgIpc) is 2.80. The van der Waals surface area contributed by atoms with Gasteiger partial charge >= 0.3 is 0 Å². The summed E-state index contributed by atoms with van der Waals surface area (Å²) in [5.74, 6) is 3.87. The minimum atomic E-state index is 0.658. The van der Waals surface area contributed by atoms with Crippen LogP contribution < -0.4 is 0 Å². The molecule has 1 nitrogen and oxygen atoms in total. The summed E-state index contributed by atoms with van der Waals surface area (Å²) >= 11 is 4.70. The highest BCUT2D eigenvalue weighted by atomic mass is 32.1. The largest absolute Gasteiger partial charge is 0.195 e. The Morgan fingerprint density at radius 3 is 1.80 bits per heavy atom. The van der Waals surface area contributed by atoms with Gasteiger partial charge in [0.1, 0.15) is 0 Å². The van der Waals surface area contributed by atoms with Crippen LogP contribution in [0.1, 0.15) is 99.7 Å². The summed E-state index contributed by atoms with van der Waals surface area (Å²) in [6.45, 7) is 4.85. The third-order valence-corrected chi connectivity index (χ3v) is 8.06. The molecule has 30 heavy (non-hydrogen) atoms. The van der Waals surface area contributed by atoms with Crippen molar-refractivity contribution in [3.8, 4) is 0 Å². The van der Waals surface area contributed by atoms with E-state index in [9.17, 15) is 0 Å². The van der Waals surface area contributed by atoms with E-state index in [0.29, 0.717) is 11.8 Å². The quantitative estimate of drug-likeness (QED) is 0.350. The summed E-state index contributed by atoms with van der Waals surface area (Å²) in [5, 5.41) is 2.45. The molecular formula is C28H35NS. The van der Waals surface area contributed by atoms with Gasteiger partial charge in [0.15, 0.2) is 0 Å². The molecule has 1 atom stereocenters. The van der Waals surface area contributed by atoms with Gasteiger partial charge in [0.25, 0.3) is 0 Å². The van der Waals surface area contributed by atoms with Crippen LogP contribution in [0.15, 0.2) is 53.5 Å². The molecule has 158 valence electrons. The third kappa shape index (κ3) is 5.10. The molecule has 2 aromatic carbocycles. The van der Waals surface area contributed by atoms with Crippen LogP contribution in [-0.2, 0) is 0 Å². The van der Waals surface area contributed by atoms with Crippen molar-refractivity contribution in [3.63, 3.8) is 0 Å². The summed E-state index contributed by atoms with van der Waals surface area (Å²) in [5.41, 5.74) is 5.47. The highest BCUT2D eigenvalue weighted by molar-refractivity contribution is 7.78. The summed E-state index contributed by atoms with van der Waals surface area (Å²) < 4.78 is 0. The lowest BCUT2D eigenvalue weighted by molar-refractivity contribution is 0.290. The smallest absolute Gasteiger partial charge is 0.0739 e. The average molecular weight is 418 g/mol. The summed E-state index contributed by atoms with van der Waals surface area (Å²) in [6, 6.07) is 18.3. The van der Waals surface area contributed by atoms with Crippen molar-refractivity contribution in [2.75, 3.05) is 0 Å². The molecule has 2 saturated carbocycles. The van der Waals surface area contributed by atoms with E-state index in [-0.39, 0.29) is 0 Å². The van der Waals surface area contributed by atoms with E-state index in [0.717, 1.165) is 23.4 Å². The first-order valence-electron chi connectivity index (χ1n) is 11.9. The topological polar surface area (TPSA) is 12.4 Å². The third-order valence-electron chi connectivity index (χ3n) is 7.97. The highest BCUT2D eigenvalue weighted by Gasteiger charge is 2.27. The van der Waals surface area contributed by atoms with Gasteiger partial charge in [-0.3, -0.25) is 0 Å². The molecule has 0 spiro atoms. The van der Waals surface area contributed by atoms with Crippen molar-refractivity contribution in [1.29, 1.82) is 0 Å². The molecule has 0 radical (unpaired) electrons. The lowest BCUT2D eigenvalue weighted by Crippen LogP contribution is -2.18. The minimum absolute atomic E-state index is 0.658. The minimum Gasteiger partial charge on any atom is -0.195 e. The molecule has 0 amide bonds. The Kier molecular flexibility index (Phi) is 7.18. The molecule has 0 saturated heterocycles. The van der Waals surface area contributed by atoms with Crippen LogP contribution in [0.2, 0.25) is 0 Å². The lowest BCUT2D eigenvalue weighted by atomic mass is 9.72. The SMILES string of the molecule is CC1CCC(c2ccc(C(C)C3CCC(c4ccc(N=C=S)cc4)CC3)cc2)CC1. The van der Waals surface area contributed by atoms with Gasteiger partial charge in [-0.15, -0.1) is 0 Å². The normalized spacial score (nSPS) is 27.8. The second-order valence-corrected chi connectivity index (χ2v) is 10.0. The monoisotopic (exact) mass is 417 g/mol. The molecule has 2 aliphatic rings. The highest BCUT2D eigenvalue weighted by Crippen LogP contribution is 2.42. The van der Waals surface area contributed by atoms with Crippen molar-refractivity contribution >= 4 is 23.1 Å². The van der Waals surface area contributed by atoms with E-state index in [4.69, 9.17) is 12.2 Å². The second kappa shape index (κ2) is 10.0. The molecule has 0 aliphatic heterocycles. The fourth-order valence-electron chi connectivity index (χ4n) is 5.76. The van der Waals surface area contributed by atoms with Crippen molar-refractivity contribution in [3.05, 3.63) is 65.2 Å². The summed E-state index contributed by atoms with van der Waals surface area (Å²) in [6.07, 6.45) is 10.8. The molecule has 0 N–H and O–H groups in total. The van der Waals surface area contributed by atoms with Gasteiger partial charge in [0.2, 0.25) is 0 Å². The fraction of sp³-hybridized carbons (Fsp3) is 0.536. The van der Waals surface area contributed by atoms with E-state index in [1.54, 1.807) is 5.56 Å². The first-order valence-corrected chi connectivity index (χ1v) is 12.3. The van der Waals surface area contributed by atoms with Crippen LogP contribution in [-0.4, -0.2) is 5.16 Å². The molecule has 0 bridgehead atoms. The zero-order valence-electron chi connectivity index (χ0n) is 18.5. The maximum absolute atomic E-state index is 4.70. The number of hydrogen-bond acceptors (Lipinski definition) is 2. The van der Waals surface area contributed by atoms with Gasteiger partial charge in [0, 0.05) is 0 Å². The van der Waals surface area contributed by atoms with Crippen LogP contribution in [0, 0.1) is 11.8 Å². The molecular weight excluding hydrogens is 382 g/mol. The molecule has 4 rings (SSSR count). The summed E-state index contributed by atoms with van der Waals surface area (Å²) in [7, 11) is 0. The second-order valence-electron chi connectivity index (χ2n) is 9.82. The van der Waals surface area contributed by atoms with Crippen LogP contribution >= 0.6 is 12.2 Å². The number of isothiocyanates is 1. The predicted molar refractivity (Wildman–Crippen MR) is 131 cm³/mol. The number of hydrogen-bond donors (Lipinski definition) is 0. The van der Waals surface area contributed by atoms with Gasteiger partial charge in [-0.05, 0) is 109 Å². The number of benzene rings is 2. The maximum atomic E-state index is 4.70. The van der Waals surface area contributed by atoms with Gasteiger partial charge in [0.05, 0.1) is 10.8 Å².